The summed E-state index contributed by atoms with van der Waals surface area (Å²) in [6.45, 7) is 8.19. The first-order valence-electron chi connectivity index (χ1n) is 10.5. The van der Waals surface area contributed by atoms with Crippen LogP contribution in [0.5, 0.6) is 0 Å². The van der Waals surface area contributed by atoms with Gasteiger partial charge < -0.3 is 5.11 Å². The molecule has 0 aliphatic heterocycles. The first kappa shape index (κ1) is 22.6. The summed E-state index contributed by atoms with van der Waals surface area (Å²) >= 11 is 0. The molecule has 0 aromatic rings. The van der Waals surface area contributed by atoms with E-state index in [4.69, 9.17) is 0 Å². The van der Waals surface area contributed by atoms with Gasteiger partial charge in [0.25, 0.3) is 0 Å². The van der Waals surface area contributed by atoms with E-state index in [1.807, 2.05) is 12.2 Å². The maximum absolute atomic E-state index is 12.1. The fourth-order valence-electron chi connectivity index (χ4n) is 3.38. The number of carbonyl (C=O) groups is 1. The van der Waals surface area contributed by atoms with Gasteiger partial charge in [-0.1, -0.05) is 88.8 Å². The Labute approximate surface area is 160 Å². The largest absolute Gasteiger partial charge is 0.385 e. The van der Waals surface area contributed by atoms with Gasteiger partial charge in [0.05, 0.1) is 5.60 Å². The molecule has 2 nitrogen and oxygen atoms in total. The number of unbranched alkanes of at least 4 members (excludes halogenated alkanes) is 5. The molecule has 0 heterocycles. The van der Waals surface area contributed by atoms with E-state index in [1.165, 1.54) is 25.7 Å². The lowest BCUT2D eigenvalue weighted by Gasteiger charge is -2.23. The molecule has 0 aromatic carbocycles. The molecule has 1 unspecified atom stereocenters. The number of aliphatic hydroxyl groups is 1. The minimum absolute atomic E-state index is 0.0190. The van der Waals surface area contributed by atoms with Crippen LogP contribution in [-0.2, 0) is 4.79 Å². The molecule has 1 aliphatic carbocycles. The molecule has 3 atom stereocenters. The second-order valence-corrected chi connectivity index (χ2v) is 7.55. The minimum Gasteiger partial charge on any atom is -0.385 e. The summed E-state index contributed by atoms with van der Waals surface area (Å²) in [6.07, 6.45) is 24.1. The van der Waals surface area contributed by atoms with Crippen LogP contribution in [0.15, 0.2) is 49.1 Å². The molecule has 0 saturated carbocycles. The van der Waals surface area contributed by atoms with E-state index >= 15 is 0 Å². The van der Waals surface area contributed by atoms with Crippen molar-refractivity contribution in [2.24, 2.45) is 11.8 Å². The highest BCUT2D eigenvalue weighted by atomic mass is 16.3. The molecule has 0 aromatic heterocycles. The number of hydrogen-bond donors (Lipinski definition) is 1. The fraction of sp³-hybridized carbons (Fsp3) is 0.625. The Hall–Kier alpha value is -1.41. The Bertz CT molecular complexity index is 500. The molecule has 0 spiro atoms. The number of rotatable bonds is 14. The number of carbonyl (C=O) groups excluding carboxylic acids is 1. The van der Waals surface area contributed by atoms with Crippen molar-refractivity contribution in [3.8, 4) is 0 Å². The molecule has 0 amide bonds. The van der Waals surface area contributed by atoms with E-state index in [0.717, 1.165) is 32.1 Å². The van der Waals surface area contributed by atoms with Crippen LogP contribution in [0.4, 0.5) is 0 Å². The maximum Gasteiger partial charge on any atom is 0.159 e. The zero-order valence-corrected chi connectivity index (χ0v) is 16.8. The molecule has 1 aliphatic rings. The summed E-state index contributed by atoms with van der Waals surface area (Å²) in [7, 11) is 0. The number of hydrogen-bond acceptors (Lipinski definition) is 2. The first-order chi connectivity index (χ1) is 12.6. The molecule has 0 fully saturated rings. The third-order valence-corrected chi connectivity index (χ3v) is 5.27. The molecule has 1 N–H and O–H groups in total. The van der Waals surface area contributed by atoms with Gasteiger partial charge in [-0.2, -0.15) is 0 Å². The average molecular weight is 359 g/mol. The van der Waals surface area contributed by atoms with Gasteiger partial charge in [0.1, 0.15) is 0 Å². The van der Waals surface area contributed by atoms with Gasteiger partial charge in [0.2, 0.25) is 0 Å². The van der Waals surface area contributed by atoms with Gasteiger partial charge in [0, 0.05) is 11.8 Å². The van der Waals surface area contributed by atoms with E-state index in [2.05, 4.69) is 38.7 Å². The van der Waals surface area contributed by atoms with Crippen molar-refractivity contribution in [3.63, 3.8) is 0 Å². The van der Waals surface area contributed by atoms with E-state index in [-0.39, 0.29) is 17.6 Å². The Morgan fingerprint density at radius 1 is 1.12 bits per heavy atom. The second kappa shape index (κ2) is 12.9. The van der Waals surface area contributed by atoms with Crippen LogP contribution in [-0.4, -0.2) is 16.5 Å². The van der Waals surface area contributed by atoms with Gasteiger partial charge >= 0.3 is 0 Å². The fourth-order valence-corrected chi connectivity index (χ4v) is 3.38. The van der Waals surface area contributed by atoms with Gasteiger partial charge in [-0.15, -0.1) is 6.58 Å². The Morgan fingerprint density at radius 2 is 1.88 bits per heavy atom. The van der Waals surface area contributed by atoms with Gasteiger partial charge in [-0.05, 0) is 31.8 Å². The monoisotopic (exact) mass is 358 g/mol. The number of allylic oxidation sites excluding steroid dienone is 5. The molecule has 0 saturated heterocycles. The van der Waals surface area contributed by atoms with Crippen LogP contribution in [0.2, 0.25) is 0 Å². The molecule has 1 rings (SSSR count). The maximum atomic E-state index is 12.1. The summed E-state index contributed by atoms with van der Waals surface area (Å²) in [5.41, 5.74) is -0.827. The van der Waals surface area contributed by atoms with Crippen molar-refractivity contribution >= 4 is 5.78 Å². The Kier molecular flexibility index (Phi) is 11.2. The zero-order valence-electron chi connectivity index (χ0n) is 16.8. The smallest absolute Gasteiger partial charge is 0.159 e. The van der Waals surface area contributed by atoms with Crippen molar-refractivity contribution in [2.45, 2.75) is 83.7 Å². The predicted octanol–water partition coefficient (Wildman–Crippen LogP) is 6.33. The zero-order chi connectivity index (χ0) is 19.3. The van der Waals surface area contributed by atoms with Crippen LogP contribution < -0.4 is 0 Å². The van der Waals surface area contributed by atoms with Crippen molar-refractivity contribution < 1.29 is 9.90 Å². The van der Waals surface area contributed by atoms with Crippen molar-refractivity contribution in [1.82, 2.24) is 0 Å². The highest BCUT2D eigenvalue weighted by molar-refractivity contribution is 5.95. The third-order valence-electron chi connectivity index (χ3n) is 5.27. The molecule has 0 radical (unpaired) electrons. The molecular weight excluding hydrogens is 320 g/mol. The van der Waals surface area contributed by atoms with Gasteiger partial charge in [-0.3, -0.25) is 4.79 Å². The molecule has 26 heavy (non-hydrogen) atoms. The number of ketones is 1. The Balaban J connectivity index is 2.50. The van der Waals surface area contributed by atoms with Crippen LogP contribution in [0.3, 0.4) is 0 Å². The normalized spacial score (nSPS) is 22.5. The standard InChI is InChI=1S/C24H38O2/c1-4-7-9-11-12-16-22-21(17-18-23(22)25)15-14-20-24(26,6-3)19-13-10-8-5-2/h6,11-12,14-15,17-18,21-22,26H,3-5,7-10,13,16,19-20H2,1-2H3/b12-11-,15-14?/t21-,22+,24?/m0/s1. The summed E-state index contributed by atoms with van der Waals surface area (Å²) in [5.74, 6) is 0.385. The Morgan fingerprint density at radius 3 is 2.58 bits per heavy atom. The van der Waals surface area contributed by atoms with Crippen LogP contribution >= 0.6 is 0 Å². The molecule has 146 valence electrons. The van der Waals surface area contributed by atoms with Crippen LogP contribution in [0.25, 0.3) is 0 Å². The highest BCUT2D eigenvalue weighted by Gasteiger charge is 2.27. The van der Waals surface area contributed by atoms with Gasteiger partial charge in [0.15, 0.2) is 5.78 Å². The third kappa shape index (κ3) is 8.31. The summed E-state index contributed by atoms with van der Waals surface area (Å²) in [5, 5.41) is 10.7. The lowest BCUT2D eigenvalue weighted by molar-refractivity contribution is -0.117. The van der Waals surface area contributed by atoms with Crippen molar-refractivity contribution in [2.75, 3.05) is 0 Å². The summed E-state index contributed by atoms with van der Waals surface area (Å²) in [4.78, 5) is 12.1. The summed E-state index contributed by atoms with van der Waals surface area (Å²) in [6, 6.07) is 0. The molecular formula is C24H38O2. The van der Waals surface area contributed by atoms with Crippen molar-refractivity contribution in [3.05, 3.63) is 49.1 Å². The quantitative estimate of drug-likeness (QED) is 0.291. The topological polar surface area (TPSA) is 37.3 Å². The first-order valence-corrected chi connectivity index (χ1v) is 10.5. The van der Waals surface area contributed by atoms with Crippen LogP contribution in [0, 0.1) is 11.8 Å². The predicted molar refractivity (Wildman–Crippen MR) is 112 cm³/mol. The molecule has 0 bridgehead atoms. The van der Waals surface area contributed by atoms with Crippen molar-refractivity contribution in [1.29, 1.82) is 0 Å². The molecule has 2 heteroatoms. The minimum atomic E-state index is -0.827. The van der Waals surface area contributed by atoms with E-state index in [1.54, 1.807) is 12.2 Å². The van der Waals surface area contributed by atoms with E-state index in [0.29, 0.717) is 6.42 Å². The van der Waals surface area contributed by atoms with Gasteiger partial charge in [-0.25, -0.2) is 0 Å². The van der Waals surface area contributed by atoms with Crippen LogP contribution in [0.1, 0.15) is 78.1 Å². The summed E-state index contributed by atoms with van der Waals surface area (Å²) < 4.78 is 0. The lowest BCUT2D eigenvalue weighted by Crippen LogP contribution is -2.24. The van der Waals surface area contributed by atoms with E-state index in [9.17, 15) is 9.90 Å². The average Bonchev–Trinajstić information content (AvgIpc) is 2.99. The second-order valence-electron chi connectivity index (χ2n) is 7.55. The SMILES string of the molecule is C=CC(O)(CC=C[C@H]1C=CC(=O)[C@@H]1C/C=C\CCCC)CCCCCC. The van der Waals surface area contributed by atoms with E-state index < -0.39 is 5.60 Å². The lowest BCUT2D eigenvalue weighted by atomic mass is 9.88. The highest BCUT2D eigenvalue weighted by Crippen LogP contribution is 2.28.